The fraction of sp³-hybridized carbons (Fsp3) is 0.583. The molecule has 0 saturated heterocycles. The van der Waals surface area contributed by atoms with Gasteiger partial charge in [-0.1, -0.05) is 0 Å². The standard InChI is InChI=1S/C12H18N4O2/c1-13-12(18)10-5-6-11(15-14-10)16(7-8-17)9-3-2-4-9/h5-6,9,17H,2-4,7-8H2,1H3,(H,13,18). The molecule has 2 N–H and O–H groups in total. The maximum atomic E-state index is 11.4. The van der Waals surface area contributed by atoms with E-state index in [0.29, 0.717) is 18.3 Å². The van der Waals surface area contributed by atoms with Crippen LogP contribution in [0.25, 0.3) is 0 Å². The van der Waals surface area contributed by atoms with Crippen molar-refractivity contribution in [2.75, 3.05) is 25.1 Å². The van der Waals surface area contributed by atoms with Crippen molar-refractivity contribution in [3.63, 3.8) is 0 Å². The van der Waals surface area contributed by atoms with Crippen molar-refractivity contribution in [1.82, 2.24) is 15.5 Å². The third-order valence-electron chi connectivity index (χ3n) is 3.26. The zero-order chi connectivity index (χ0) is 13.0. The molecule has 1 aromatic heterocycles. The molecule has 1 saturated carbocycles. The minimum Gasteiger partial charge on any atom is -0.395 e. The number of amides is 1. The number of hydrogen-bond donors (Lipinski definition) is 2. The van der Waals surface area contributed by atoms with Crippen molar-refractivity contribution in [1.29, 1.82) is 0 Å². The minimum atomic E-state index is -0.244. The van der Waals surface area contributed by atoms with Gasteiger partial charge in [0.1, 0.15) is 0 Å². The molecule has 0 radical (unpaired) electrons. The summed E-state index contributed by atoms with van der Waals surface area (Å²) in [7, 11) is 1.56. The van der Waals surface area contributed by atoms with Crippen molar-refractivity contribution in [2.45, 2.75) is 25.3 Å². The summed E-state index contributed by atoms with van der Waals surface area (Å²) in [5.41, 5.74) is 0.304. The predicted octanol–water partition coefficient (Wildman–Crippen LogP) is 0.187. The molecule has 0 atom stereocenters. The van der Waals surface area contributed by atoms with Gasteiger partial charge in [-0.15, -0.1) is 10.2 Å². The second kappa shape index (κ2) is 5.77. The molecule has 1 fully saturated rings. The lowest BCUT2D eigenvalue weighted by molar-refractivity contribution is 0.0957. The normalized spacial score (nSPS) is 15.0. The molecule has 1 aromatic rings. The van der Waals surface area contributed by atoms with E-state index in [2.05, 4.69) is 20.4 Å². The zero-order valence-electron chi connectivity index (χ0n) is 10.5. The summed E-state index contributed by atoms with van der Waals surface area (Å²) in [6.45, 7) is 0.647. The molecule has 0 unspecified atom stereocenters. The van der Waals surface area contributed by atoms with Crippen molar-refractivity contribution in [3.8, 4) is 0 Å². The number of hydrogen-bond acceptors (Lipinski definition) is 5. The highest BCUT2D eigenvalue weighted by Gasteiger charge is 2.25. The summed E-state index contributed by atoms with van der Waals surface area (Å²) in [5.74, 6) is 0.479. The van der Waals surface area contributed by atoms with Crippen LogP contribution in [0.3, 0.4) is 0 Å². The van der Waals surface area contributed by atoms with Crippen LogP contribution in [0.2, 0.25) is 0 Å². The van der Waals surface area contributed by atoms with E-state index < -0.39 is 0 Å². The summed E-state index contributed by atoms with van der Waals surface area (Å²) in [6, 6.07) is 3.88. The number of aliphatic hydroxyl groups is 1. The van der Waals surface area contributed by atoms with Crippen molar-refractivity contribution >= 4 is 11.7 Å². The fourth-order valence-electron chi connectivity index (χ4n) is 2.02. The van der Waals surface area contributed by atoms with Crippen LogP contribution >= 0.6 is 0 Å². The van der Waals surface area contributed by atoms with Crippen LogP contribution in [0.1, 0.15) is 29.8 Å². The van der Waals surface area contributed by atoms with E-state index in [-0.39, 0.29) is 12.5 Å². The highest BCUT2D eigenvalue weighted by molar-refractivity contribution is 5.91. The molecule has 1 aliphatic carbocycles. The Bertz CT molecular complexity index is 403. The Morgan fingerprint density at radius 1 is 1.50 bits per heavy atom. The third kappa shape index (κ3) is 2.59. The lowest BCUT2D eigenvalue weighted by Crippen LogP contribution is -2.42. The minimum absolute atomic E-state index is 0.0926. The number of anilines is 1. The van der Waals surface area contributed by atoms with Crippen LogP contribution < -0.4 is 10.2 Å². The van der Waals surface area contributed by atoms with E-state index in [1.54, 1.807) is 19.2 Å². The van der Waals surface area contributed by atoms with Gasteiger partial charge in [0.2, 0.25) is 0 Å². The van der Waals surface area contributed by atoms with Gasteiger partial charge in [-0.3, -0.25) is 4.79 Å². The molecule has 2 rings (SSSR count). The maximum Gasteiger partial charge on any atom is 0.271 e. The molecule has 1 aliphatic rings. The first-order chi connectivity index (χ1) is 8.76. The monoisotopic (exact) mass is 250 g/mol. The molecule has 98 valence electrons. The largest absolute Gasteiger partial charge is 0.395 e. The Labute approximate surface area is 106 Å². The third-order valence-corrected chi connectivity index (χ3v) is 3.26. The summed E-state index contributed by atoms with van der Waals surface area (Å²) in [5, 5.41) is 19.6. The highest BCUT2D eigenvalue weighted by Crippen LogP contribution is 2.27. The van der Waals surface area contributed by atoms with Crippen LogP contribution in [0.4, 0.5) is 5.82 Å². The molecule has 18 heavy (non-hydrogen) atoms. The van der Waals surface area contributed by atoms with Crippen LogP contribution in [0, 0.1) is 0 Å². The van der Waals surface area contributed by atoms with Crippen LogP contribution in [0.15, 0.2) is 12.1 Å². The molecule has 0 spiro atoms. The zero-order valence-corrected chi connectivity index (χ0v) is 10.5. The second-order valence-corrected chi connectivity index (χ2v) is 4.36. The van der Waals surface area contributed by atoms with Gasteiger partial charge in [-0.25, -0.2) is 0 Å². The molecule has 0 bridgehead atoms. The summed E-state index contributed by atoms with van der Waals surface area (Å²) in [6.07, 6.45) is 3.47. The summed E-state index contributed by atoms with van der Waals surface area (Å²) >= 11 is 0. The van der Waals surface area contributed by atoms with Gasteiger partial charge in [0.25, 0.3) is 5.91 Å². The number of carbonyl (C=O) groups is 1. The average Bonchev–Trinajstić information content (AvgIpc) is 2.35. The fourth-order valence-corrected chi connectivity index (χ4v) is 2.02. The Balaban J connectivity index is 2.12. The summed E-state index contributed by atoms with van der Waals surface area (Å²) < 4.78 is 0. The Morgan fingerprint density at radius 2 is 2.28 bits per heavy atom. The first-order valence-electron chi connectivity index (χ1n) is 6.19. The average molecular weight is 250 g/mol. The topological polar surface area (TPSA) is 78.4 Å². The van der Waals surface area contributed by atoms with Crippen molar-refractivity contribution in [2.24, 2.45) is 0 Å². The van der Waals surface area contributed by atoms with Crippen LogP contribution in [0.5, 0.6) is 0 Å². The molecular weight excluding hydrogens is 232 g/mol. The first-order valence-corrected chi connectivity index (χ1v) is 6.19. The molecule has 6 heteroatoms. The number of aliphatic hydroxyl groups excluding tert-OH is 1. The van der Waals surface area contributed by atoms with Gasteiger partial charge in [0.05, 0.1) is 6.61 Å². The molecular formula is C12H18N4O2. The van der Waals surface area contributed by atoms with Crippen molar-refractivity contribution < 1.29 is 9.90 Å². The smallest absolute Gasteiger partial charge is 0.271 e. The molecule has 0 aliphatic heterocycles. The Morgan fingerprint density at radius 3 is 2.72 bits per heavy atom. The van der Waals surface area contributed by atoms with Crippen LogP contribution in [-0.2, 0) is 0 Å². The number of nitrogens with zero attached hydrogens (tertiary/aromatic N) is 3. The van der Waals surface area contributed by atoms with E-state index in [1.807, 2.05) is 0 Å². The number of rotatable bonds is 5. The van der Waals surface area contributed by atoms with E-state index in [0.717, 1.165) is 18.7 Å². The van der Waals surface area contributed by atoms with Gasteiger partial charge in [-0.05, 0) is 31.4 Å². The first kappa shape index (κ1) is 12.8. The van der Waals surface area contributed by atoms with E-state index in [4.69, 9.17) is 5.11 Å². The predicted molar refractivity (Wildman–Crippen MR) is 67.5 cm³/mol. The van der Waals surface area contributed by atoms with Crippen molar-refractivity contribution in [3.05, 3.63) is 17.8 Å². The van der Waals surface area contributed by atoms with Crippen LogP contribution in [-0.4, -0.2) is 47.5 Å². The van der Waals surface area contributed by atoms with Gasteiger partial charge < -0.3 is 15.3 Å². The van der Waals surface area contributed by atoms with Gasteiger partial charge >= 0.3 is 0 Å². The van der Waals surface area contributed by atoms with Gasteiger partial charge in [0, 0.05) is 19.6 Å². The van der Waals surface area contributed by atoms with Gasteiger partial charge in [-0.2, -0.15) is 0 Å². The van der Waals surface area contributed by atoms with Gasteiger partial charge in [0.15, 0.2) is 11.5 Å². The lowest BCUT2D eigenvalue weighted by Gasteiger charge is -2.37. The Kier molecular flexibility index (Phi) is 4.09. The lowest BCUT2D eigenvalue weighted by atomic mass is 9.91. The maximum absolute atomic E-state index is 11.4. The second-order valence-electron chi connectivity index (χ2n) is 4.36. The SMILES string of the molecule is CNC(=O)c1ccc(N(CCO)C2CCC2)nn1. The quantitative estimate of drug-likeness (QED) is 0.780. The molecule has 6 nitrogen and oxygen atoms in total. The number of aromatic nitrogens is 2. The molecule has 1 amide bonds. The highest BCUT2D eigenvalue weighted by atomic mass is 16.3. The van der Waals surface area contributed by atoms with E-state index in [9.17, 15) is 4.79 Å². The Hall–Kier alpha value is -1.69. The number of nitrogens with one attached hydrogen (secondary N) is 1. The van der Waals surface area contributed by atoms with E-state index >= 15 is 0 Å². The molecule has 1 heterocycles. The summed E-state index contributed by atoms with van der Waals surface area (Å²) in [4.78, 5) is 13.4. The van der Waals surface area contributed by atoms with E-state index in [1.165, 1.54) is 6.42 Å². The number of carbonyl (C=O) groups excluding carboxylic acids is 1. The molecule has 0 aromatic carbocycles.